The molecule has 0 aromatic heterocycles. The number of allylic oxidation sites excluding steroid dienone is 14. The van der Waals surface area contributed by atoms with Crippen LogP contribution in [-0.2, 0) is 28.6 Å². The first kappa shape index (κ1) is 73.6. The molecule has 0 radical (unpaired) electrons. The van der Waals surface area contributed by atoms with Crippen molar-refractivity contribution in [1.29, 1.82) is 0 Å². The number of rotatable bonds is 60. The Morgan fingerprint density at radius 3 is 0.844 bits per heavy atom. The van der Waals surface area contributed by atoms with E-state index in [-0.39, 0.29) is 37.5 Å². The second-order valence-electron chi connectivity index (χ2n) is 22.0. The Bertz CT molecular complexity index is 1470. The van der Waals surface area contributed by atoms with Crippen molar-refractivity contribution >= 4 is 17.9 Å². The lowest BCUT2D eigenvalue weighted by molar-refractivity contribution is -0.167. The van der Waals surface area contributed by atoms with Crippen LogP contribution in [0.1, 0.15) is 329 Å². The summed E-state index contributed by atoms with van der Waals surface area (Å²) < 4.78 is 16.9. The van der Waals surface area contributed by atoms with E-state index in [9.17, 15) is 14.4 Å². The van der Waals surface area contributed by atoms with Gasteiger partial charge in [0.2, 0.25) is 0 Å². The van der Waals surface area contributed by atoms with Crippen molar-refractivity contribution in [3.05, 3.63) is 85.1 Å². The van der Waals surface area contributed by atoms with Gasteiger partial charge in [-0.1, -0.05) is 305 Å². The van der Waals surface area contributed by atoms with Crippen LogP contribution in [0.5, 0.6) is 0 Å². The lowest BCUT2D eigenvalue weighted by atomic mass is 10.0. The summed E-state index contributed by atoms with van der Waals surface area (Å²) in [7, 11) is 0. The first-order valence-corrected chi connectivity index (χ1v) is 33.1. The molecule has 0 rings (SSSR count). The van der Waals surface area contributed by atoms with Crippen molar-refractivity contribution in [3.8, 4) is 0 Å². The molecule has 0 heterocycles. The monoisotopic (exact) mass is 1070 g/mol. The van der Waals surface area contributed by atoms with Crippen LogP contribution < -0.4 is 0 Å². The lowest BCUT2D eigenvalue weighted by Gasteiger charge is -2.18. The van der Waals surface area contributed by atoms with Gasteiger partial charge in [0.25, 0.3) is 0 Å². The Morgan fingerprint density at radius 1 is 0.273 bits per heavy atom. The normalized spacial score (nSPS) is 12.6. The lowest BCUT2D eigenvalue weighted by Crippen LogP contribution is -2.30. The molecule has 0 aliphatic rings. The SMILES string of the molecule is CC/C=C\C/C=C\C/C=C\C/C=C\C/C=C\CCCCCC(=O)OC(COC(=O)CCCCCCC/C=C\C/C=C\CCCC)COC(=O)CCCCCCCCCCCCCCCCCCCCCCCCCCCC. The Morgan fingerprint density at radius 2 is 0.519 bits per heavy atom. The molecule has 0 aliphatic carbocycles. The van der Waals surface area contributed by atoms with Crippen LogP contribution in [0.25, 0.3) is 0 Å². The van der Waals surface area contributed by atoms with Crippen LogP contribution >= 0.6 is 0 Å². The van der Waals surface area contributed by atoms with Gasteiger partial charge < -0.3 is 14.2 Å². The number of unbranched alkanes of at least 4 members (excludes halogenated alkanes) is 35. The molecule has 0 spiro atoms. The summed E-state index contributed by atoms with van der Waals surface area (Å²) in [6.07, 6.45) is 86.0. The molecule has 6 heteroatoms. The van der Waals surface area contributed by atoms with Crippen LogP contribution in [0.3, 0.4) is 0 Å². The fourth-order valence-electron chi connectivity index (χ4n) is 9.43. The molecule has 0 aromatic carbocycles. The second-order valence-corrected chi connectivity index (χ2v) is 22.0. The summed E-state index contributed by atoms with van der Waals surface area (Å²) in [5, 5.41) is 0. The van der Waals surface area contributed by atoms with E-state index in [1.54, 1.807) is 0 Å². The molecule has 1 atom stereocenters. The molecule has 0 aliphatic heterocycles. The smallest absolute Gasteiger partial charge is 0.306 e. The van der Waals surface area contributed by atoms with E-state index in [4.69, 9.17) is 14.2 Å². The number of carbonyl (C=O) groups is 3. The molecule has 0 aromatic rings. The summed E-state index contributed by atoms with van der Waals surface area (Å²) >= 11 is 0. The maximum absolute atomic E-state index is 12.9. The van der Waals surface area contributed by atoms with Crippen molar-refractivity contribution in [2.45, 2.75) is 335 Å². The number of esters is 3. The molecular formula is C71H124O6. The summed E-state index contributed by atoms with van der Waals surface area (Å²) in [6.45, 7) is 6.49. The molecule has 77 heavy (non-hydrogen) atoms. The maximum Gasteiger partial charge on any atom is 0.306 e. The molecule has 6 nitrogen and oxygen atoms in total. The standard InChI is InChI=1S/C71H124O6/c1-4-7-10-13-16-19-22-25-28-30-32-33-34-35-36-37-38-40-41-43-46-49-52-55-58-61-64-70(73)76-67-68(66-75-69(72)63-60-57-54-51-48-45-27-24-21-18-15-12-9-6-3)77-71(74)65-62-59-56-53-50-47-44-42-39-31-29-26-23-20-17-14-11-8-5-2/h8,11,15,17-18,20,24,26-27,29,39,42,47,50,68H,4-7,9-10,12-14,16,19,21-23,25,28,30-38,40-41,43-46,48-49,51-67H2,1-3H3/b11-8-,18-15-,20-17-,27-24-,29-26-,42-39-,50-47-. The Labute approximate surface area is 477 Å². The third kappa shape index (κ3) is 63.3. The predicted octanol–water partition coefficient (Wildman–Crippen LogP) is 22.7. The highest BCUT2D eigenvalue weighted by atomic mass is 16.6. The molecular weight excluding hydrogens is 949 g/mol. The maximum atomic E-state index is 12.9. The zero-order chi connectivity index (χ0) is 55.7. The summed E-state index contributed by atoms with van der Waals surface area (Å²) in [6, 6.07) is 0. The highest BCUT2D eigenvalue weighted by Crippen LogP contribution is 2.17. The number of carbonyl (C=O) groups excluding carboxylic acids is 3. The van der Waals surface area contributed by atoms with Gasteiger partial charge in [-0.05, 0) is 89.9 Å². The van der Waals surface area contributed by atoms with E-state index >= 15 is 0 Å². The van der Waals surface area contributed by atoms with Crippen LogP contribution in [0.15, 0.2) is 85.1 Å². The fraction of sp³-hybridized carbons (Fsp3) is 0.761. The van der Waals surface area contributed by atoms with Gasteiger partial charge in [-0.25, -0.2) is 0 Å². The van der Waals surface area contributed by atoms with Gasteiger partial charge in [-0.15, -0.1) is 0 Å². The number of ether oxygens (including phenoxy) is 3. The number of hydrogen-bond donors (Lipinski definition) is 0. The minimum atomic E-state index is -0.800. The predicted molar refractivity (Wildman–Crippen MR) is 334 cm³/mol. The van der Waals surface area contributed by atoms with E-state index in [0.29, 0.717) is 12.8 Å². The van der Waals surface area contributed by atoms with Gasteiger partial charge in [0, 0.05) is 19.3 Å². The van der Waals surface area contributed by atoms with Gasteiger partial charge >= 0.3 is 17.9 Å². The molecule has 0 saturated carbocycles. The summed E-state index contributed by atoms with van der Waals surface area (Å²) in [4.78, 5) is 38.3. The van der Waals surface area contributed by atoms with Crippen molar-refractivity contribution in [1.82, 2.24) is 0 Å². The number of hydrogen-bond acceptors (Lipinski definition) is 6. The van der Waals surface area contributed by atoms with Gasteiger partial charge in [0.15, 0.2) is 6.10 Å². The summed E-state index contributed by atoms with van der Waals surface area (Å²) in [5.41, 5.74) is 0. The average molecular weight is 1070 g/mol. The van der Waals surface area contributed by atoms with E-state index in [0.717, 1.165) is 122 Å². The molecule has 0 N–H and O–H groups in total. The van der Waals surface area contributed by atoms with Crippen LogP contribution in [-0.4, -0.2) is 37.2 Å². The molecule has 1 unspecified atom stereocenters. The molecule has 0 fully saturated rings. The van der Waals surface area contributed by atoms with Crippen molar-refractivity contribution < 1.29 is 28.6 Å². The summed E-state index contributed by atoms with van der Waals surface area (Å²) in [5.74, 6) is -0.926. The largest absolute Gasteiger partial charge is 0.462 e. The van der Waals surface area contributed by atoms with Gasteiger partial charge in [0.1, 0.15) is 13.2 Å². The van der Waals surface area contributed by atoms with Crippen LogP contribution in [0.4, 0.5) is 0 Å². The Hall–Kier alpha value is -3.41. The van der Waals surface area contributed by atoms with E-state index < -0.39 is 6.10 Å². The van der Waals surface area contributed by atoms with Crippen molar-refractivity contribution in [2.75, 3.05) is 13.2 Å². The molecule has 0 saturated heterocycles. The van der Waals surface area contributed by atoms with Gasteiger partial charge in [-0.2, -0.15) is 0 Å². The van der Waals surface area contributed by atoms with Crippen molar-refractivity contribution in [2.24, 2.45) is 0 Å². The minimum Gasteiger partial charge on any atom is -0.462 e. The third-order valence-electron chi connectivity index (χ3n) is 14.4. The Balaban J connectivity index is 4.32. The average Bonchev–Trinajstić information content (AvgIpc) is 3.43. The Kier molecular flexibility index (Phi) is 62.2. The third-order valence-corrected chi connectivity index (χ3v) is 14.4. The zero-order valence-corrected chi connectivity index (χ0v) is 51.0. The van der Waals surface area contributed by atoms with Crippen LogP contribution in [0, 0.1) is 0 Å². The quantitative estimate of drug-likeness (QED) is 0.0261. The fourth-order valence-corrected chi connectivity index (χ4v) is 9.43. The van der Waals surface area contributed by atoms with Gasteiger partial charge in [0.05, 0.1) is 0 Å². The van der Waals surface area contributed by atoms with E-state index in [1.165, 1.54) is 167 Å². The minimum absolute atomic E-state index is 0.0923. The first-order valence-electron chi connectivity index (χ1n) is 33.1. The topological polar surface area (TPSA) is 78.9 Å². The van der Waals surface area contributed by atoms with Crippen molar-refractivity contribution in [3.63, 3.8) is 0 Å². The zero-order valence-electron chi connectivity index (χ0n) is 51.0. The second kappa shape index (κ2) is 65.1. The van der Waals surface area contributed by atoms with E-state index in [2.05, 4.69) is 106 Å². The highest BCUT2D eigenvalue weighted by molar-refractivity contribution is 5.71. The molecule has 0 bridgehead atoms. The van der Waals surface area contributed by atoms with E-state index in [1.807, 2.05) is 0 Å². The van der Waals surface area contributed by atoms with Crippen LogP contribution in [0.2, 0.25) is 0 Å². The molecule has 0 amide bonds. The molecule has 444 valence electrons. The van der Waals surface area contributed by atoms with Gasteiger partial charge in [-0.3, -0.25) is 14.4 Å². The first-order chi connectivity index (χ1) is 38.0. The highest BCUT2D eigenvalue weighted by Gasteiger charge is 2.19.